The second-order valence-electron chi connectivity index (χ2n) is 4.57. The average molecular weight is 246 g/mol. The Labute approximate surface area is 104 Å². The molecule has 0 radical (unpaired) electrons. The van der Waals surface area contributed by atoms with E-state index < -0.39 is 11.9 Å². The molecule has 1 aliphatic heterocycles. The molecule has 0 bridgehead atoms. The third-order valence-corrected chi connectivity index (χ3v) is 3.49. The second-order valence-corrected chi connectivity index (χ2v) is 4.57. The summed E-state index contributed by atoms with van der Waals surface area (Å²) < 4.78 is 1.69. The van der Waals surface area contributed by atoms with Crippen molar-refractivity contribution in [2.75, 3.05) is 13.1 Å². The van der Waals surface area contributed by atoms with Crippen LogP contribution in [0.5, 0.6) is 0 Å². The van der Waals surface area contributed by atoms with E-state index in [0.29, 0.717) is 6.54 Å². The molecule has 2 atom stereocenters. The number of aromatic nitrogens is 3. The largest absolute Gasteiger partial charge is 0.481 e. The Hall–Kier alpha value is -1.95. The average Bonchev–Trinajstić information content (AvgIpc) is 2.85. The number of rotatable bonds is 2. The third-order valence-electron chi connectivity index (χ3n) is 3.49. The van der Waals surface area contributed by atoms with Crippen LogP contribution in [0.3, 0.4) is 0 Å². The predicted molar refractivity (Wildman–Crippen MR) is 64.3 cm³/mol. The van der Waals surface area contributed by atoms with E-state index in [9.17, 15) is 9.90 Å². The van der Waals surface area contributed by atoms with Gasteiger partial charge in [0.2, 0.25) is 0 Å². The summed E-state index contributed by atoms with van der Waals surface area (Å²) in [6.07, 6.45) is 6.14. The van der Waals surface area contributed by atoms with Gasteiger partial charge in [-0.2, -0.15) is 5.10 Å². The first-order valence-corrected chi connectivity index (χ1v) is 5.98. The Morgan fingerprint density at radius 1 is 1.56 bits per heavy atom. The van der Waals surface area contributed by atoms with Crippen LogP contribution in [0, 0.1) is 5.92 Å². The number of carboxylic acids is 1. The van der Waals surface area contributed by atoms with Crippen molar-refractivity contribution >= 4 is 11.6 Å². The maximum absolute atomic E-state index is 11.3. The highest BCUT2D eigenvalue weighted by Crippen LogP contribution is 2.30. The van der Waals surface area contributed by atoms with Crippen LogP contribution in [0.1, 0.15) is 17.9 Å². The standard InChI is InChI=1S/C12H14N4O2/c17-12(18)10-6-13-3-1-9(10)8-5-14-11-2-4-15-16(11)7-8/h2,4-5,7,9-10,13H,1,3,6H2,(H,17,18). The van der Waals surface area contributed by atoms with E-state index >= 15 is 0 Å². The lowest BCUT2D eigenvalue weighted by atomic mass is 9.82. The fourth-order valence-electron chi connectivity index (χ4n) is 2.53. The Balaban J connectivity index is 1.97. The number of nitrogens with zero attached hydrogens (tertiary/aromatic N) is 3. The molecule has 18 heavy (non-hydrogen) atoms. The van der Waals surface area contributed by atoms with Crippen molar-refractivity contribution in [3.8, 4) is 0 Å². The molecule has 1 fully saturated rings. The van der Waals surface area contributed by atoms with Gasteiger partial charge in [0.1, 0.15) is 0 Å². The Morgan fingerprint density at radius 2 is 2.44 bits per heavy atom. The lowest BCUT2D eigenvalue weighted by molar-refractivity contribution is -0.142. The van der Waals surface area contributed by atoms with Gasteiger partial charge in [-0.1, -0.05) is 0 Å². The molecule has 0 amide bonds. The number of piperidine rings is 1. The fourth-order valence-corrected chi connectivity index (χ4v) is 2.53. The van der Waals surface area contributed by atoms with Gasteiger partial charge in [0.25, 0.3) is 0 Å². The molecule has 6 heteroatoms. The van der Waals surface area contributed by atoms with Crippen molar-refractivity contribution in [1.82, 2.24) is 19.9 Å². The minimum atomic E-state index is -0.757. The first-order valence-electron chi connectivity index (χ1n) is 5.98. The molecule has 2 N–H and O–H groups in total. The first kappa shape index (κ1) is 11.2. The lowest BCUT2D eigenvalue weighted by Crippen LogP contribution is -2.39. The SMILES string of the molecule is O=C(O)C1CNCCC1c1cnc2ccnn2c1. The first-order chi connectivity index (χ1) is 8.75. The molecule has 1 saturated heterocycles. The minimum absolute atomic E-state index is 0.00449. The molecule has 94 valence electrons. The topological polar surface area (TPSA) is 79.5 Å². The Kier molecular flexibility index (Phi) is 2.71. The maximum atomic E-state index is 11.3. The molecule has 6 nitrogen and oxygen atoms in total. The fraction of sp³-hybridized carbons (Fsp3) is 0.417. The second kappa shape index (κ2) is 4.38. The lowest BCUT2D eigenvalue weighted by Gasteiger charge is -2.29. The number of hydrogen-bond donors (Lipinski definition) is 2. The normalized spacial score (nSPS) is 24.2. The van der Waals surface area contributed by atoms with Crippen molar-refractivity contribution in [3.05, 3.63) is 30.2 Å². The van der Waals surface area contributed by atoms with Crippen LogP contribution < -0.4 is 5.32 Å². The van der Waals surface area contributed by atoms with Gasteiger partial charge < -0.3 is 10.4 Å². The third kappa shape index (κ3) is 1.84. The molecule has 0 aromatic carbocycles. The number of hydrogen-bond acceptors (Lipinski definition) is 4. The zero-order valence-electron chi connectivity index (χ0n) is 9.78. The van der Waals surface area contributed by atoms with Crippen LogP contribution in [0.4, 0.5) is 0 Å². The van der Waals surface area contributed by atoms with Gasteiger partial charge in [-0.3, -0.25) is 4.79 Å². The summed E-state index contributed by atoms with van der Waals surface area (Å²) in [5.74, 6) is -1.15. The molecular weight excluding hydrogens is 232 g/mol. The van der Waals surface area contributed by atoms with Crippen LogP contribution in [-0.2, 0) is 4.79 Å². The van der Waals surface area contributed by atoms with E-state index in [1.54, 1.807) is 16.9 Å². The molecule has 3 rings (SSSR count). The van der Waals surface area contributed by atoms with Gasteiger partial charge in [-0.05, 0) is 18.5 Å². The summed E-state index contributed by atoms with van der Waals surface area (Å²) in [5.41, 5.74) is 1.72. The highest BCUT2D eigenvalue weighted by molar-refractivity contribution is 5.72. The summed E-state index contributed by atoms with van der Waals surface area (Å²) in [5, 5.41) is 16.5. The molecule has 1 aliphatic rings. The number of aliphatic carboxylic acids is 1. The summed E-state index contributed by atoms with van der Waals surface area (Å²) in [6.45, 7) is 1.35. The number of carboxylic acid groups (broad SMARTS) is 1. The van der Waals surface area contributed by atoms with Gasteiger partial charge in [-0.15, -0.1) is 0 Å². The van der Waals surface area contributed by atoms with Crippen LogP contribution in [-0.4, -0.2) is 38.8 Å². The van der Waals surface area contributed by atoms with E-state index in [0.717, 1.165) is 24.2 Å². The maximum Gasteiger partial charge on any atom is 0.308 e. The zero-order chi connectivity index (χ0) is 12.5. The molecule has 2 unspecified atom stereocenters. The number of nitrogens with one attached hydrogen (secondary N) is 1. The summed E-state index contributed by atoms with van der Waals surface area (Å²) in [6, 6.07) is 1.82. The van der Waals surface area contributed by atoms with E-state index in [2.05, 4.69) is 15.4 Å². The van der Waals surface area contributed by atoms with E-state index in [1.807, 2.05) is 12.3 Å². The quantitative estimate of drug-likeness (QED) is 0.807. The smallest absolute Gasteiger partial charge is 0.308 e. The Morgan fingerprint density at radius 3 is 3.28 bits per heavy atom. The molecular formula is C12H14N4O2. The summed E-state index contributed by atoms with van der Waals surface area (Å²) >= 11 is 0. The predicted octanol–water partition coefficient (Wildman–Crippen LogP) is 0.507. The summed E-state index contributed by atoms with van der Waals surface area (Å²) in [7, 11) is 0. The van der Waals surface area contributed by atoms with Crippen LogP contribution in [0.25, 0.3) is 5.65 Å². The zero-order valence-corrected chi connectivity index (χ0v) is 9.78. The van der Waals surface area contributed by atoms with Crippen LogP contribution in [0.2, 0.25) is 0 Å². The molecule has 0 saturated carbocycles. The van der Waals surface area contributed by atoms with Crippen LogP contribution in [0.15, 0.2) is 24.7 Å². The van der Waals surface area contributed by atoms with Crippen molar-refractivity contribution in [2.45, 2.75) is 12.3 Å². The van der Waals surface area contributed by atoms with Crippen LogP contribution >= 0.6 is 0 Å². The van der Waals surface area contributed by atoms with Gasteiger partial charge >= 0.3 is 5.97 Å². The van der Waals surface area contributed by atoms with E-state index in [1.165, 1.54) is 0 Å². The van der Waals surface area contributed by atoms with E-state index in [4.69, 9.17) is 0 Å². The van der Waals surface area contributed by atoms with Gasteiger partial charge in [0.05, 0.1) is 12.1 Å². The number of carbonyl (C=O) groups is 1. The van der Waals surface area contributed by atoms with Crippen molar-refractivity contribution in [1.29, 1.82) is 0 Å². The highest BCUT2D eigenvalue weighted by atomic mass is 16.4. The van der Waals surface area contributed by atoms with Gasteiger partial charge in [0.15, 0.2) is 5.65 Å². The molecule has 0 aliphatic carbocycles. The molecule has 0 spiro atoms. The monoisotopic (exact) mass is 246 g/mol. The summed E-state index contributed by atoms with van der Waals surface area (Å²) in [4.78, 5) is 15.6. The number of fused-ring (bicyclic) bond motifs is 1. The molecule has 3 heterocycles. The van der Waals surface area contributed by atoms with Crippen molar-refractivity contribution in [2.24, 2.45) is 5.92 Å². The van der Waals surface area contributed by atoms with E-state index in [-0.39, 0.29) is 5.92 Å². The van der Waals surface area contributed by atoms with Crippen molar-refractivity contribution in [3.63, 3.8) is 0 Å². The molecule has 2 aromatic heterocycles. The highest BCUT2D eigenvalue weighted by Gasteiger charge is 2.32. The van der Waals surface area contributed by atoms with Gasteiger partial charge in [-0.25, -0.2) is 9.50 Å². The minimum Gasteiger partial charge on any atom is -0.481 e. The Bertz CT molecular complexity index is 580. The van der Waals surface area contributed by atoms with Gasteiger partial charge in [0, 0.05) is 30.9 Å². The van der Waals surface area contributed by atoms with Crippen molar-refractivity contribution < 1.29 is 9.90 Å². The molecule has 2 aromatic rings.